The van der Waals surface area contributed by atoms with Gasteiger partial charge in [-0.25, -0.2) is 0 Å². The zero-order chi connectivity index (χ0) is 25.2. The maximum atomic E-state index is 13.7. The first-order valence-electron chi connectivity index (χ1n) is 11.7. The summed E-state index contributed by atoms with van der Waals surface area (Å²) in [6, 6.07) is 22.0. The second-order valence-corrected chi connectivity index (χ2v) is 10.2. The van der Waals surface area contributed by atoms with Crippen molar-refractivity contribution in [1.82, 2.24) is 10.2 Å². The van der Waals surface area contributed by atoms with Gasteiger partial charge in [-0.2, -0.15) is 0 Å². The topological polar surface area (TPSA) is 49.4 Å². The summed E-state index contributed by atoms with van der Waals surface area (Å²) in [6.45, 7) is 2.94. The van der Waals surface area contributed by atoms with E-state index in [9.17, 15) is 9.59 Å². The van der Waals surface area contributed by atoms with Gasteiger partial charge in [0.15, 0.2) is 0 Å². The highest BCUT2D eigenvalue weighted by Gasteiger charge is 2.30. The quantitative estimate of drug-likeness (QED) is 0.254. The summed E-state index contributed by atoms with van der Waals surface area (Å²) in [6.07, 6.45) is 2.33. The predicted molar refractivity (Wildman–Crippen MR) is 147 cm³/mol. The van der Waals surface area contributed by atoms with E-state index in [1.54, 1.807) is 23.1 Å². The Hall–Kier alpha value is -2.34. The summed E-state index contributed by atoms with van der Waals surface area (Å²) in [7, 11) is 0. The number of halogens is 3. The van der Waals surface area contributed by atoms with Gasteiger partial charge < -0.3 is 10.2 Å². The molecule has 1 atom stereocenters. The highest BCUT2D eigenvalue weighted by atomic mass is 79.9. The first kappa shape index (κ1) is 27.3. The lowest BCUT2D eigenvalue weighted by atomic mass is 10.0. The number of rotatable bonds is 11. The molecular weight excluding hydrogens is 547 g/mol. The van der Waals surface area contributed by atoms with E-state index in [1.165, 1.54) is 0 Å². The normalized spacial score (nSPS) is 11.7. The standard InChI is InChI=1S/C28H29BrCl2N2O2/c1-2-3-14-32-28(35)26(16-20-8-5-4-6-9-20)33(19-21-10-7-11-23(29)15-21)27(34)17-22-12-13-24(30)18-25(22)31/h4-13,15,18,26H,2-3,14,16-17,19H2,1H3,(H,32,35). The lowest BCUT2D eigenvalue weighted by Gasteiger charge is -2.32. The van der Waals surface area contributed by atoms with E-state index in [-0.39, 0.29) is 18.2 Å². The summed E-state index contributed by atoms with van der Waals surface area (Å²) >= 11 is 15.9. The van der Waals surface area contributed by atoms with Crippen LogP contribution in [0.4, 0.5) is 0 Å². The minimum atomic E-state index is -0.674. The molecule has 1 N–H and O–H groups in total. The molecule has 184 valence electrons. The van der Waals surface area contributed by atoms with E-state index in [2.05, 4.69) is 28.2 Å². The van der Waals surface area contributed by atoms with E-state index in [0.29, 0.717) is 35.1 Å². The first-order valence-corrected chi connectivity index (χ1v) is 13.2. The molecular formula is C28H29BrCl2N2O2. The third kappa shape index (κ3) is 8.38. The van der Waals surface area contributed by atoms with Crippen LogP contribution < -0.4 is 5.32 Å². The van der Waals surface area contributed by atoms with E-state index in [0.717, 1.165) is 28.4 Å². The molecule has 0 aliphatic heterocycles. The number of hydrogen-bond donors (Lipinski definition) is 1. The Morgan fingerprint density at radius 2 is 1.71 bits per heavy atom. The van der Waals surface area contributed by atoms with Crippen molar-refractivity contribution in [2.45, 2.75) is 45.2 Å². The van der Waals surface area contributed by atoms with Crippen LogP contribution in [0.1, 0.15) is 36.5 Å². The van der Waals surface area contributed by atoms with Gasteiger partial charge in [0.25, 0.3) is 0 Å². The largest absolute Gasteiger partial charge is 0.354 e. The van der Waals surface area contributed by atoms with Crippen LogP contribution in [0.15, 0.2) is 77.3 Å². The number of nitrogens with zero attached hydrogens (tertiary/aromatic N) is 1. The monoisotopic (exact) mass is 574 g/mol. The fourth-order valence-electron chi connectivity index (χ4n) is 3.82. The summed E-state index contributed by atoms with van der Waals surface area (Å²) < 4.78 is 0.912. The van der Waals surface area contributed by atoms with Gasteiger partial charge >= 0.3 is 0 Å². The van der Waals surface area contributed by atoms with Crippen LogP contribution in [0.25, 0.3) is 0 Å². The van der Waals surface area contributed by atoms with Crippen LogP contribution in [0.2, 0.25) is 10.0 Å². The SMILES string of the molecule is CCCCNC(=O)C(Cc1ccccc1)N(Cc1cccc(Br)c1)C(=O)Cc1ccc(Cl)cc1Cl. The molecule has 3 aromatic carbocycles. The number of hydrogen-bond acceptors (Lipinski definition) is 2. The van der Waals surface area contributed by atoms with Crippen molar-refractivity contribution in [2.24, 2.45) is 0 Å². The zero-order valence-corrected chi connectivity index (χ0v) is 22.7. The van der Waals surface area contributed by atoms with Crippen LogP contribution in [-0.2, 0) is 29.0 Å². The van der Waals surface area contributed by atoms with Crippen LogP contribution in [-0.4, -0.2) is 29.3 Å². The maximum absolute atomic E-state index is 13.7. The summed E-state index contributed by atoms with van der Waals surface area (Å²) in [5.74, 6) is -0.339. The van der Waals surface area contributed by atoms with Gasteiger partial charge in [0.05, 0.1) is 6.42 Å². The molecule has 3 rings (SSSR count). The molecule has 7 heteroatoms. The molecule has 1 unspecified atom stereocenters. The van der Waals surface area contributed by atoms with E-state index in [4.69, 9.17) is 23.2 Å². The maximum Gasteiger partial charge on any atom is 0.243 e. The number of carbonyl (C=O) groups is 2. The average molecular weight is 576 g/mol. The Morgan fingerprint density at radius 1 is 0.971 bits per heavy atom. The Bertz CT molecular complexity index is 1140. The van der Waals surface area contributed by atoms with E-state index in [1.807, 2.05) is 54.6 Å². The molecule has 0 fully saturated rings. The summed E-state index contributed by atoms with van der Waals surface area (Å²) in [5, 5.41) is 3.97. The van der Waals surface area contributed by atoms with Crippen molar-refractivity contribution < 1.29 is 9.59 Å². The Kier molecular flexibility index (Phi) is 10.6. The van der Waals surface area contributed by atoms with Crippen molar-refractivity contribution in [3.05, 3.63) is 104 Å². The number of amides is 2. The lowest BCUT2D eigenvalue weighted by molar-refractivity contribution is -0.140. The highest BCUT2D eigenvalue weighted by molar-refractivity contribution is 9.10. The van der Waals surface area contributed by atoms with Gasteiger partial charge in [0, 0.05) is 34.0 Å². The third-order valence-electron chi connectivity index (χ3n) is 5.70. The molecule has 0 saturated heterocycles. The average Bonchev–Trinajstić information content (AvgIpc) is 2.84. The number of benzene rings is 3. The van der Waals surface area contributed by atoms with Crippen molar-refractivity contribution in [3.8, 4) is 0 Å². The second kappa shape index (κ2) is 13.7. The number of nitrogens with one attached hydrogen (secondary N) is 1. The van der Waals surface area contributed by atoms with Crippen LogP contribution in [0.3, 0.4) is 0 Å². The Balaban J connectivity index is 1.96. The molecule has 0 spiro atoms. The van der Waals surface area contributed by atoms with Crippen molar-refractivity contribution in [2.75, 3.05) is 6.54 Å². The molecule has 0 bridgehead atoms. The van der Waals surface area contributed by atoms with E-state index >= 15 is 0 Å². The smallest absolute Gasteiger partial charge is 0.243 e. The molecule has 3 aromatic rings. The summed E-state index contributed by atoms with van der Waals surface area (Å²) in [5.41, 5.74) is 2.58. The van der Waals surface area contributed by atoms with E-state index < -0.39 is 6.04 Å². The minimum absolute atomic E-state index is 0.0670. The van der Waals surface area contributed by atoms with Gasteiger partial charge in [-0.05, 0) is 47.4 Å². The first-order chi connectivity index (χ1) is 16.9. The van der Waals surface area contributed by atoms with Crippen molar-refractivity contribution in [3.63, 3.8) is 0 Å². The Labute approximate surface area is 225 Å². The molecule has 0 saturated carbocycles. The fourth-order valence-corrected chi connectivity index (χ4v) is 4.74. The minimum Gasteiger partial charge on any atom is -0.354 e. The molecule has 0 aliphatic carbocycles. The molecule has 0 aromatic heterocycles. The molecule has 35 heavy (non-hydrogen) atoms. The number of unbranched alkanes of at least 4 members (excludes halogenated alkanes) is 1. The highest BCUT2D eigenvalue weighted by Crippen LogP contribution is 2.24. The molecule has 0 heterocycles. The fraction of sp³-hybridized carbons (Fsp3) is 0.286. The predicted octanol–water partition coefficient (Wildman–Crippen LogP) is 6.85. The number of carbonyl (C=O) groups excluding carboxylic acids is 2. The molecule has 2 amide bonds. The lowest BCUT2D eigenvalue weighted by Crippen LogP contribution is -2.51. The van der Waals surface area contributed by atoms with Crippen LogP contribution in [0, 0.1) is 0 Å². The summed E-state index contributed by atoms with van der Waals surface area (Å²) in [4.78, 5) is 28.8. The second-order valence-electron chi connectivity index (χ2n) is 8.41. The van der Waals surface area contributed by atoms with Crippen molar-refractivity contribution >= 4 is 50.9 Å². The zero-order valence-electron chi connectivity index (χ0n) is 19.6. The van der Waals surface area contributed by atoms with Crippen LogP contribution >= 0.6 is 39.1 Å². The van der Waals surface area contributed by atoms with Gasteiger partial charge in [0.1, 0.15) is 6.04 Å². The van der Waals surface area contributed by atoms with Crippen molar-refractivity contribution in [1.29, 1.82) is 0 Å². The van der Waals surface area contributed by atoms with Gasteiger partial charge in [-0.1, -0.05) is 101 Å². The molecule has 0 aliphatic rings. The van der Waals surface area contributed by atoms with Crippen LogP contribution in [0.5, 0.6) is 0 Å². The third-order valence-corrected chi connectivity index (χ3v) is 6.78. The van der Waals surface area contributed by atoms with Gasteiger partial charge in [0.2, 0.25) is 11.8 Å². The molecule has 4 nitrogen and oxygen atoms in total. The Morgan fingerprint density at radius 3 is 2.40 bits per heavy atom. The molecule has 0 radical (unpaired) electrons. The van der Waals surface area contributed by atoms with Gasteiger partial charge in [-0.15, -0.1) is 0 Å². The van der Waals surface area contributed by atoms with Gasteiger partial charge in [-0.3, -0.25) is 9.59 Å².